The first-order chi connectivity index (χ1) is 8.34. The van der Waals surface area contributed by atoms with Gasteiger partial charge in [0.25, 0.3) is 0 Å². The summed E-state index contributed by atoms with van der Waals surface area (Å²) in [5.74, 6) is -2.83. The lowest BCUT2D eigenvalue weighted by molar-refractivity contribution is -0.171. The van der Waals surface area contributed by atoms with Crippen LogP contribution in [0.25, 0.3) is 0 Å². The number of carbonyl (C=O) groups is 2. The van der Waals surface area contributed by atoms with Crippen molar-refractivity contribution >= 4 is 17.4 Å². The molecule has 0 aliphatic heterocycles. The molecule has 1 aromatic rings. The molecular weight excluding hydrogens is 251 g/mol. The Hall–Kier alpha value is -2.05. The standard InChI is InChI=1S/C11H10F3NO3/c1-18-8-5-3-2-4-7(8)15-10(17)6-9(16)11(12,13)14/h2-5H,6H2,1H3,(H,15,17). The molecule has 0 heterocycles. The fraction of sp³-hybridized carbons (Fsp3) is 0.273. The van der Waals surface area contributed by atoms with Crippen LogP contribution in [0.15, 0.2) is 24.3 Å². The van der Waals surface area contributed by atoms with E-state index in [-0.39, 0.29) is 5.69 Å². The smallest absolute Gasteiger partial charge is 0.450 e. The second-order valence-electron chi connectivity index (χ2n) is 3.35. The summed E-state index contributed by atoms with van der Waals surface area (Å²) in [6.45, 7) is 0. The highest BCUT2D eigenvalue weighted by molar-refractivity contribution is 6.06. The first-order valence-electron chi connectivity index (χ1n) is 4.87. The Morgan fingerprint density at radius 3 is 2.44 bits per heavy atom. The van der Waals surface area contributed by atoms with Crippen LogP contribution in [0.4, 0.5) is 18.9 Å². The highest BCUT2D eigenvalue weighted by Crippen LogP contribution is 2.24. The Labute approximate surface area is 101 Å². The molecule has 7 heteroatoms. The highest BCUT2D eigenvalue weighted by Gasteiger charge is 2.39. The van der Waals surface area contributed by atoms with Gasteiger partial charge in [-0.1, -0.05) is 12.1 Å². The van der Waals surface area contributed by atoms with Gasteiger partial charge < -0.3 is 10.1 Å². The van der Waals surface area contributed by atoms with Crippen molar-refractivity contribution in [3.8, 4) is 5.75 Å². The molecule has 0 saturated heterocycles. The van der Waals surface area contributed by atoms with Crippen molar-refractivity contribution in [2.24, 2.45) is 0 Å². The lowest BCUT2D eigenvalue weighted by Crippen LogP contribution is -2.27. The number of halogens is 3. The topological polar surface area (TPSA) is 55.4 Å². The summed E-state index contributed by atoms with van der Waals surface area (Å²) in [6, 6.07) is 6.19. The SMILES string of the molecule is COc1ccccc1NC(=O)CC(=O)C(F)(F)F. The number of benzene rings is 1. The number of anilines is 1. The zero-order chi connectivity index (χ0) is 13.8. The molecule has 0 saturated carbocycles. The Kier molecular flexibility index (Phi) is 4.30. The van der Waals surface area contributed by atoms with E-state index in [1.807, 2.05) is 0 Å². The van der Waals surface area contributed by atoms with E-state index in [9.17, 15) is 22.8 Å². The summed E-state index contributed by atoms with van der Waals surface area (Å²) in [6.07, 6.45) is -6.25. The van der Waals surface area contributed by atoms with Gasteiger partial charge in [-0.05, 0) is 12.1 Å². The van der Waals surface area contributed by atoms with Crippen LogP contribution in [0.1, 0.15) is 6.42 Å². The van der Waals surface area contributed by atoms with Crippen LogP contribution in [0.2, 0.25) is 0 Å². The second kappa shape index (κ2) is 5.52. The largest absolute Gasteiger partial charge is 0.495 e. The second-order valence-corrected chi connectivity index (χ2v) is 3.35. The molecule has 0 atom stereocenters. The van der Waals surface area contributed by atoms with Gasteiger partial charge in [0, 0.05) is 0 Å². The maximum absolute atomic E-state index is 11.9. The Balaban J connectivity index is 2.68. The molecule has 1 aromatic carbocycles. The number of rotatable bonds is 4. The Morgan fingerprint density at radius 2 is 1.89 bits per heavy atom. The van der Waals surface area contributed by atoms with Crippen LogP contribution in [-0.4, -0.2) is 25.0 Å². The predicted molar refractivity (Wildman–Crippen MR) is 57.3 cm³/mol. The first-order valence-corrected chi connectivity index (χ1v) is 4.87. The molecule has 0 fully saturated rings. The van der Waals surface area contributed by atoms with Gasteiger partial charge in [-0.2, -0.15) is 13.2 Å². The van der Waals surface area contributed by atoms with E-state index in [0.717, 1.165) is 0 Å². The van der Waals surface area contributed by atoms with Crippen LogP contribution in [-0.2, 0) is 9.59 Å². The average Bonchev–Trinajstić information content (AvgIpc) is 2.28. The number of Topliss-reactive ketones (excluding diaryl/α,β-unsaturated/α-hetero) is 1. The van der Waals surface area contributed by atoms with Crippen LogP contribution < -0.4 is 10.1 Å². The van der Waals surface area contributed by atoms with E-state index < -0.39 is 24.3 Å². The summed E-state index contributed by atoms with van der Waals surface area (Å²) < 4.78 is 40.7. The van der Waals surface area contributed by atoms with Crippen molar-refractivity contribution in [3.05, 3.63) is 24.3 Å². The molecule has 1 N–H and O–H groups in total. The number of hydrogen-bond acceptors (Lipinski definition) is 3. The van der Waals surface area contributed by atoms with Crippen molar-refractivity contribution in [3.63, 3.8) is 0 Å². The van der Waals surface area contributed by atoms with Crippen LogP contribution in [0.5, 0.6) is 5.75 Å². The summed E-state index contributed by atoms with van der Waals surface area (Å²) in [5, 5.41) is 2.18. The van der Waals surface area contributed by atoms with Crippen molar-refractivity contribution in [2.45, 2.75) is 12.6 Å². The zero-order valence-electron chi connectivity index (χ0n) is 9.38. The zero-order valence-corrected chi connectivity index (χ0v) is 9.38. The van der Waals surface area contributed by atoms with Gasteiger partial charge >= 0.3 is 6.18 Å². The number of carbonyl (C=O) groups excluding carboxylic acids is 2. The maximum Gasteiger partial charge on any atom is 0.450 e. The molecule has 4 nitrogen and oxygen atoms in total. The van der Waals surface area contributed by atoms with Crippen molar-refractivity contribution in [1.82, 2.24) is 0 Å². The number of alkyl halides is 3. The molecular formula is C11H10F3NO3. The maximum atomic E-state index is 11.9. The Morgan fingerprint density at radius 1 is 1.28 bits per heavy atom. The van der Waals surface area contributed by atoms with E-state index in [1.165, 1.54) is 19.2 Å². The van der Waals surface area contributed by atoms with Gasteiger partial charge in [0.15, 0.2) is 0 Å². The summed E-state index contributed by atoms with van der Waals surface area (Å²) in [5.41, 5.74) is 0.208. The third-order valence-corrected chi connectivity index (χ3v) is 2.02. The molecule has 18 heavy (non-hydrogen) atoms. The van der Waals surface area contributed by atoms with Crippen molar-refractivity contribution < 1.29 is 27.5 Å². The van der Waals surface area contributed by atoms with Gasteiger partial charge in [-0.3, -0.25) is 9.59 Å². The monoisotopic (exact) mass is 261 g/mol. The molecule has 0 bridgehead atoms. The van der Waals surface area contributed by atoms with Crippen LogP contribution >= 0.6 is 0 Å². The Bertz CT molecular complexity index is 457. The number of nitrogens with one attached hydrogen (secondary N) is 1. The quantitative estimate of drug-likeness (QED) is 0.845. The van der Waals surface area contributed by atoms with Crippen LogP contribution in [0, 0.1) is 0 Å². The summed E-state index contributed by atoms with van der Waals surface area (Å²) in [7, 11) is 1.35. The lowest BCUT2D eigenvalue weighted by atomic mass is 10.2. The van der Waals surface area contributed by atoms with Crippen molar-refractivity contribution in [1.29, 1.82) is 0 Å². The minimum atomic E-state index is -5.00. The van der Waals surface area contributed by atoms with E-state index in [1.54, 1.807) is 12.1 Å². The van der Waals surface area contributed by atoms with E-state index >= 15 is 0 Å². The molecule has 1 amide bonds. The van der Waals surface area contributed by atoms with Crippen LogP contribution in [0.3, 0.4) is 0 Å². The van der Waals surface area contributed by atoms with Gasteiger partial charge in [0.2, 0.25) is 11.7 Å². The molecule has 0 aliphatic rings. The molecule has 0 unspecified atom stereocenters. The highest BCUT2D eigenvalue weighted by atomic mass is 19.4. The van der Waals surface area contributed by atoms with Gasteiger partial charge in [-0.15, -0.1) is 0 Å². The predicted octanol–water partition coefficient (Wildman–Crippen LogP) is 2.16. The number of amides is 1. The summed E-state index contributed by atoms with van der Waals surface area (Å²) in [4.78, 5) is 21.9. The number of ketones is 1. The fourth-order valence-corrected chi connectivity index (χ4v) is 1.19. The van der Waals surface area contributed by atoms with E-state index in [0.29, 0.717) is 5.75 Å². The van der Waals surface area contributed by atoms with Gasteiger partial charge in [0.05, 0.1) is 19.2 Å². The third kappa shape index (κ3) is 3.76. The number of ether oxygens (including phenoxy) is 1. The lowest BCUT2D eigenvalue weighted by Gasteiger charge is -2.10. The molecule has 0 aliphatic carbocycles. The number of methoxy groups -OCH3 is 1. The number of para-hydroxylation sites is 2. The third-order valence-electron chi connectivity index (χ3n) is 2.02. The summed E-state index contributed by atoms with van der Waals surface area (Å²) >= 11 is 0. The van der Waals surface area contributed by atoms with E-state index in [4.69, 9.17) is 4.74 Å². The minimum absolute atomic E-state index is 0.208. The average molecular weight is 261 g/mol. The van der Waals surface area contributed by atoms with Crippen molar-refractivity contribution in [2.75, 3.05) is 12.4 Å². The normalized spacial score (nSPS) is 10.9. The van der Waals surface area contributed by atoms with Gasteiger partial charge in [-0.25, -0.2) is 0 Å². The molecule has 0 spiro atoms. The van der Waals surface area contributed by atoms with Gasteiger partial charge in [0.1, 0.15) is 5.75 Å². The van der Waals surface area contributed by atoms with E-state index in [2.05, 4.69) is 5.32 Å². The fourth-order valence-electron chi connectivity index (χ4n) is 1.19. The minimum Gasteiger partial charge on any atom is -0.495 e. The molecule has 0 aromatic heterocycles. The molecule has 98 valence electrons. The number of hydrogen-bond donors (Lipinski definition) is 1. The first kappa shape index (κ1) is 14.0. The molecule has 0 radical (unpaired) electrons. The molecule has 1 rings (SSSR count).